The average Bonchev–Trinajstić information content (AvgIpc) is 2.47. The molecule has 1 atom stereocenters. The number of hydrogen-bond acceptors (Lipinski definition) is 5. The molecule has 2 rings (SSSR count). The Kier molecular flexibility index (Phi) is 4.14. The van der Waals surface area contributed by atoms with E-state index < -0.39 is 6.10 Å². The van der Waals surface area contributed by atoms with Crippen LogP contribution in [0, 0.1) is 0 Å². The van der Waals surface area contributed by atoms with Crippen molar-refractivity contribution in [3.05, 3.63) is 34.4 Å². The van der Waals surface area contributed by atoms with Gasteiger partial charge in [0.05, 0.1) is 25.9 Å². The number of fused-ring (bicyclic) bond motifs is 1. The van der Waals surface area contributed by atoms with Gasteiger partial charge in [-0.2, -0.15) is 0 Å². The molecule has 0 saturated heterocycles. The number of rotatable bonds is 4. The molecule has 1 aromatic rings. The number of allylic oxidation sites excluding steroid dienone is 1. The summed E-state index contributed by atoms with van der Waals surface area (Å²) in [6.07, 6.45) is -0.546. The molecule has 0 radical (unpaired) electrons. The number of Topliss-reactive ketones (excluding diaryl/α,β-unsaturated/α-hetero) is 2. The number of benzene rings is 1. The Balaban J connectivity index is 2.66. The Morgan fingerprint density at radius 3 is 2.33 bits per heavy atom. The molecule has 0 unspecified atom stereocenters. The fourth-order valence-electron chi connectivity index (χ4n) is 2.48. The first-order valence-electron chi connectivity index (χ1n) is 6.64. The molecular formula is C16H18O5. The molecule has 0 fully saturated rings. The van der Waals surface area contributed by atoms with E-state index in [1.807, 2.05) is 0 Å². The van der Waals surface area contributed by atoms with Crippen LogP contribution in [-0.2, 0) is 0 Å². The Labute approximate surface area is 123 Å². The molecule has 0 bridgehead atoms. The zero-order chi connectivity index (χ0) is 15.7. The van der Waals surface area contributed by atoms with Crippen LogP contribution in [0.4, 0.5) is 0 Å². The van der Waals surface area contributed by atoms with E-state index in [9.17, 15) is 14.7 Å². The SMILES string of the molecule is COc1cc(OC)c2c(c1)C(=O)C(C[C@H](C)O)=C(C)C2=O. The first-order valence-corrected chi connectivity index (χ1v) is 6.64. The van der Waals surface area contributed by atoms with Crippen molar-refractivity contribution in [1.29, 1.82) is 0 Å². The van der Waals surface area contributed by atoms with E-state index in [-0.39, 0.29) is 29.1 Å². The van der Waals surface area contributed by atoms with Gasteiger partial charge in [0.25, 0.3) is 0 Å². The van der Waals surface area contributed by atoms with Crippen molar-refractivity contribution in [1.82, 2.24) is 0 Å². The van der Waals surface area contributed by atoms with Crippen LogP contribution in [0.5, 0.6) is 11.5 Å². The van der Waals surface area contributed by atoms with E-state index in [1.54, 1.807) is 19.9 Å². The van der Waals surface area contributed by atoms with Crippen LogP contribution in [0.25, 0.3) is 0 Å². The smallest absolute Gasteiger partial charge is 0.193 e. The molecule has 0 aliphatic heterocycles. The summed E-state index contributed by atoms with van der Waals surface area (Å²) >= 11 is 0. The Bertz CT molecular complexity index is 640. The molecule has 0 aromatic heterocycles. The number of methoxy groups -OCH3 is 2. The van der Waals surface area contributed by atoms with Gasteiger partial charge in [-0.05, 0) is 19.9 Å². The molecule has 1 aliphatic carbocycles. The second kappa shape index (κ2) is 5.69. The monoisotopic (exact) mass is 290 g/mol. The number of aliphatic hydroxyl groups is 1. The molecule has 1 aliphatic rings. The highest BCUT2D eigenvalue weighted by Crippen LogP contribution is 2.37. The first-order chi connectivity index (χ1) is 9.90. The highest BCUT2D eigenvalue weighted by atomic mass is 16.5. The standard InChI is InChI=1S/C16H18O5/c1-8(17)5-11-9(2)15(18)14-12(16(11)19)6-10(20-3)7-13(14)21-4/h6-8,17H,5H2,1-4H3/t8-/m0/s1. The minimum Gasteiger partial charge on any atom is -0.497 e. The second-order valence-corrected chi connectivity index (χ2v) is 5.07. The van der Waals surface area contributed by atoms with Crippen molar-refractivity contribution in [2.24, 2.45) is 0 Å². The number of ketones is 2. The van der Waals surface area contributed by atoms with Crippen LogP contribution in [0.3, 0.4) is 0 Å². The fraction of sp³-hybridized carbons (Fsp3) is 0.375. The van der Waals surface area contributed by atoms with Crippen LogP contribution < -0.4 is 9.47 Å². The van der Waals surface area contributed by atoms with Crippen LogP contribution in [0.15, 0.2) is 23.3 Å². The zero-order valence-electron chi connectivity index (χ0n) is 12.5. The van der Waals surface area contributed by atoms with E-state index >= 15 is 0 Å². The van der Waals surface area contributed by atoms with Crippen LogP contribution in [0.1, 0.15) is 41.0 Å². The summed E-state index contributed by atoms with van der Waals surface area (Å²) in [6, 6.07) is 3.11. The number of aliphatic hydroxyl groups excluding tert-OH is 1. The lowest BCUT2D eigenvalue weighted by atomic mass is 9.82. The Morgan fingerprint density at radius 1 is 1.14 bits per heavy atom. The van der Waals surface area contributed by atoms with Gasteiger partial charge in [-0.25, -0.2) is 0 Å². The van der Waals surface area contributed by atoms with Gasteiger partial charge in [-0.1, -0.05) is 0 Å². The van der Waals surface area contributed by atoms with Gasteiger partial charge < -0.3 is 14.6 Å². The third kappa shape index (κ3) is 2.56. The van der Waals surface area contributed by atoms with Gasteiger partial charge in [-0.3, -0.25) is 9.59 Å². The predicted octanol–water partition coefficient (Wildman–Crippen LogP) is 2.17. The van der Waals surface area contributed by atoms with Gasteiger partial charge in [0.1, 0.15) is 11.5 Å². The van der Waals surface area contributed by atoms with Crippen molar-refractivity contribution in [2.75, 3.05) is 14.2 Å². The molecule has 112 valence electrons. The van der Waals surface area contributed by atoms with Crippen molar-refractivity contribution in [3.8, 4) is 11.5 Å². The topological polar surface area (TPSA) is 72.8 Å². The maximum atomic E-state index is 12.6. The van der Waals surface area contributed by atoms with Gasteiger partial charge in [0.2, 0.25) is 0 Å². The molecule has 21 heavy (non-hydrogen) atoms. The third-order valence-corrected chi connectivity index (χ3v) is 3.57. The Morgan fingerprint density at radius 2 is 1.81 bits per heavy atom. The summed E-state index contributed by atoms with van der Waals surface area (Å²) in [5.74, 6) is 0.251. The Hall–Kier alpha value is -2.14. The molecular weight excluding hydrogens is 272 g/mol. The molecule has 5 heteroatoms. The molecule has 0 heterocycles. The van der Waals surface area contributed by atoms with Crippen LogP contribution >= 0.6 is 0 Å². The molecule has 5 nitrogen and oxygen atoms in total. The molecule has 0 saturated carbocycles. The van der Waals surface area contributed by atoms with Gasteiger partial charge in [0, 0.05) is 29.2 Å². The minimum absolute atomic E-state index is 0.148. The lowest BCUT2D eigenvalue weighted by molar-refractivity contribution is 0.0958. The highest BCUT2D eigenvalue weighted by Gasteiger charge is 2.33. The van der Waals surface area contributed by atoms with Gasteiger partial charge >= 0.3 is 0 Å². The number of ether oxygens (including phenoxy) is 2. The summed E-state index contributed by atoms with van der Waals surface area (Å²) in [4.78, 5) is 25.1. The summed E-state index contributed by atoms with van der Waals surface area (Å²) in [7, 11) is 2.92. The maximum absolute atomic E-state index is 12.6. The van der Waals surface area contributed by atoms with Crippen molar-refractivity contribution >= 4 is 11.6 Å². The largest absolute Gasteiger partial charge is 0.497 e. The van der Waals surface area contributed by atoms with Crippen molar-refractivity contribution in [3.63, 3.8) is 0 Å². The van der Waals surface area contributed by atoms with E-state index in [0.717, 1.165) is 0 Å². The van der Waals surface area contributed by atoms with Crippen LogP contribution in [0.2, 0.25) is 0 Å². The maximum Gasteiger partial charge on any atom is 0.193 e. The zero-order valence-corrected chi connectivity index (χ0v) is 12.5. The van der Waals surface area contributed by atoms with Gasteiger partial charge in [0.15, 0.2) is 11.6 Å². The van der Waals surface area contributed by atoms with Crippen LogP contribution in [-0.4, -0.2) is 37.0 Å². The summed E-state index contributed by atoms with van der Waals surface area (Å²) in [6.45, 7) is 3.18. The normalized spacial score (nSPS) is 15.9. The number of carbonyl (C=O) groups is 2. The predicted molar refractivity (Wildman–Crippen MR) is 77.2 cm³/mol. The van der Waals surface area contributed by atoms with E-state index in [0.29, 0.717) is 22.6 Å². The summed E-state index contributed by atoms with van der Waals surface area (Å²) in [5.41, 5.74) is 1.22. The summed E-state index contributed by atoms with van der Waals surface area (Å²) < 4.78 is 10.4. The minimum atomic E-state index is -0.694. The molecule has 0 spiro atoms. The second-order valence-electron chi connectivity index (χ2n) is 5.07. The van der Waals surface area contributed by atoms with Crippen molar-refractivity contribution < 1.29 is 24.2 Å². The fourth-order valence-corrected chi connectivity index (χ4v) is 2.48. The van der Waals surface area contributed by atoms with E-state index in [2.05, 4.69) is 0 Å². The van der Waals surface area contributed by atoms with E-state index in [4.69, 9.17) is 9.47 Å². The highest BCUT2D eigenvalue weighted by molar-refractivity contribution is 6.27. The molecule has 0 amide bonds. The number of hydrogen-bond donors (Lipinski definition) is 1. The lowest BCUT2D eigenvalue weighted by Gasteiger charge is -2.22. The average molecular weight is 290 g/mol. The molecule has 1 aromatic carbocycles. The third-order valence-electron chi connectivity index (χ3n) is 3.57. The van der Waals surface area contributed by atoms with Crippen molar-refractivity contribution in [2.45, 2.75) is 26.4 Å². The lowest BCUT2D eigenvalue weighted by Crippen LogP contribution is -2.23. The quantitative estimate of drug-likeness (QED) is 0.920. The summed E-state index contributed by atoms with van der Waals surface area (Å²) in [5, 5.41) is 9.53. The van der Waals surface area contributed by atoms with Gasteiger partial charge in [-0.15, -0.1) is 0 Å². The molecule has 1 N–H and O–H groups in total. The number of carbonyl (C=O) groups excluding carboxylic acids is 2. The van der Waals surface area contributed by atoms with E-state index in [1.165, 1.54) is 20.3 Å². The first kappa shape index (κ1) is 15.3.